The summed E-state index contributed by atoms with van der Waals surface area (Å²) in [6.45, 7) is 0. The Bertz CT molecular complexity index is 1050. The van der Waals surface area contributed by atoms with E-state index < -0.39 is 0 Å². The molecule has 4 N–H and O–H groups in total. The summed E-state index contributed by atoms with van der Waals surface area (Å²) in [6.07, 6.45) is 0.609. The Kier molecular flexibility index (Phi) is 2.69. The summed E-state index contributed by atoms with van der Waals surface area (Å²) in [5, 5.41) is 16.0. The van der Waals surface area contributed by atoms with Gasteiger partial charge in [-0.05, 0) is 23.8 Å². The van der Waals surface area contributed by atoms with Crippen LogP contribution in [0.4, 0.5) is 5.82 Å². The summed E-state index contributed by atoms with van der Waals surface area (Å²) in [5.74, 6) is 0.483. The van der Waals surface area contributed by atoms with Crippen LogP contribution in [0.3, 0.4) is 0 Å². The molecule has 0 aliphatic carbocycles. The van der Waals surface area contributed by atoms with E-state index in [4.69, 9.17) is 5.73 Å². The summed E-state index contributed by atoms with van der Waals surface area (Å²) in [4.78, 5) is 11.8. The minimum atomic E-state index is -0.172. The summed E-state index contributed by atoms with van der Waals surface area (Å²) >= 11 is 0. The van der Waals surface area contributed by atoms with Gasteiger partial charge in [-0.15, -0.1) is 0 Å². The number of anilines is 1. The average Bonchev–Trinajstić information content (AvgIpc) is 2.91. The van der Waals surface area contributed by atoms with E-state index in [-0.39, 0.29) is 5.56 Å². The number of nitrogen functional groups attached to an aromatic ring is 1. The summed E-state index contributed by atoms with van der Waals surface area (Å²) in [6, 6.07) is 13.4. The molecule has 0 saturated carbocycles. The van der Waals surface area contributed by atoms with Crippen molar-refractivity contribution in [3.05, 3.63) is 64.1 Å². The van der Waals surface area contributed by atoms with Gasteiger partial charge in [-0.2, -0.15) is 10.2 Å². The zero-order valence-corrected chi connectivity index (χ0v) is 11.6. The van der Waals surface area contributed by atoms with Crippen LogP contribution < -0.4 is 11.3 Å². The first kappa shape index (κ1) is 12.6. The topological polar surface area (TPSA) is 100 Å². The van der Waals surface area contributed by atoms with Crippen LogP contribution in [0.5, 0.6) is 0 Å². The molecule has 0 spiro atoms. The van der Waals surface area contributed by atoms with Crippen molar-refractivity contribution in [2.24, 2.45) is 0 Å². The van der Waals surface area contributed by atoms with Gasteiger partial charge < -0.3 is 5.73 Å². The van der Waals surface area contributed by atoms with Gasteiger partial charge in [0.05, 0.1) is 16.6 Å². The number of nitrogens with two attached hydrogens (primary N) is 1. The van der Waals surface area contributed by atoms with Gasteiger partial charge in [0.15, 0.2) is 5.82 Å². The number of hydrogen-bond donors (Lipinski definition) is 3. The Labute approximate surface area is 125 Å². The average molecular weight is 291 g/mol. The van der Waals surface area contributed by atoms with Crippen molar-refractivity contribution >= 4 is 27.5 Å². The van der Waals surface area contributed by atoms with E-state index in [1.165, 1.54) is 0 Å². The molecule has 6 nitrogen and oxygen atoms in total. The third-order valence-electron chi connectivity index (χ3n) is 3.80. The molecule has 0 amide bonds. The van der Waals surface area contributed by atoms with Gasteiger partial charge in [0.2, 0.25) is 0 Å². The lowest BCUT2D eigenvalue weighted by Crippen LogP contribution is -2.11. The van der Waals surface area contributed by atoms with E-state index in [2.05, 4.69) is 20.4 Å². The molecule has 2 aromatic heterocycles. The molecule has 0 saturated heterocycles. The highest BCUT2D eigenvalue weighted by molar-refractivity contribution is 5.89. The van der Waals surface area contributed by atoms with Crippen LogP contribution in [0.1, 0.15) is 11.3 Å². The molecule has 2 heterocycles. The molecule has 4 rings (SSSR count). The maximum absolute atomic E-state index is 11.8. The van der Waals surface area contributed by atoms with Crippen LogP contribution in [-0.2, 0) is 6.42 Å². The first-order chi connectivity index (χ1) is 10.7. The highest BCUT2D eigenvalue weighted by atomic mass is 16.1. The Morgan fingerprint density at radius 3 is 2.64 bits per heavy atom. The minimum Gasteiger partial charge on any atom is -0.382 e. The van der Waals surface area contributed by atoms with Crippen molar-refractivity contribution in [2.45, 2.75) is 6.42 Å². The van der Waals surface area contributed by atoms with Gasteiger partial charge in [0.1, 0.15) is 0 Å². The zero-order valence-electron chi connectivity index (χ0n) is 11.6. The molecule has 0 unspecified atom stereocenters. The molecule has 22 heavy (non-hydrogen) atoms. The van der Waals surface area contributed by atoms with Gasteiger partial charge in [0, 0.05) is 17.2 Å². The number of H-pyrrole nitrogens is 2. The van der Waals surface area contributed by atoms with E-state index in [1.54, 1.807) is 6.07 Å². The number of aromatic amines is 2. The lowest BCUT2D eigenvalue weighted by atomic mass is 10.0. The number of aromatic nitrogens is 4. The van der Waals surface area contributed by atoms with Crippen LogP contribution in [0.25, 0.3) is 21.7 Å². The molecule has 0 fully saturated rings. The number of rotatable bonds is 2. The fourth-order valence-electron chi connectivity index (χ4n) is 2.69. The first-order valence-electron chi connectivity index (χ1n) is 6.91. The van der Waals surface area contributed by atoms with E-state index in [0.717, 1.165) is 27.5 Å². The fourth-order valence-corrected chi connectivity index (χ4v) is 2.69. The lowest BCUT2D eigenvalue weighted by Gasteiger charge is -2.05. The zero-order chi connectivity index (χ0) is 15.1. The summed E-state index contributed by atoms with van der Waals surface area (Å²) < 4.78 is 0. The third kappa shape index (κ3) is 1.93. The van der Waals surface area contributed by atoms with E-state index in [0.29, 0.717) is 17.6 Å². The highest BCUT2D eigenvalue weighted by Crippen LogP contribution is 2.22. The molecule has 6 heteroatoms. The van der Waals surface area contributed by atoms with Gasteiger partial charge in [-0.1, -0.05) is 24.3 Å². The predicted octanol–water partition coefficient (Wildman–Crippen LogP) is 1.97. The van der Waals surface area contributed by atoms with Crippen molar-refractivity contribution in [2.75, 3.05) is 5.73 Å². The minimum absolute atomic E-state index is 0.172. The molecule has 0 aliphatic heterocycles. The third-order valence-corrected chi connectivity index (χ3v) is 3.80. The van der Waals surface area contributed by atoms with Crippen LogP contribution in [0.15, 0.2) is 47.3 Å². The van der Waals surface area contributed by atoms with Crippen LogP contribution in [-0.4, -0.2) is 20.4 Å². The van der Waals surface area contributed by atoms with Gasteiger partial charge in [0.25, 0.3) is 5.56 Å². The fraction of sp³-hybridized carbons (Fsp3) is 0.0625. The standard InChI is InChI=1S/C16H13N5O/c17-15-12-7-9(5-6-13(12)18-20-15)8-14-10-3-1-2-4-11(10)16(22)21-19-14/h1-7H,8H2,(H,21,22)(H3,17,18,20). The molecule has 2 aromatic carbocycles. The molecule has 0 radical (unpaired) electrons. The Morgan fingerprint density at radius 1 is 0.955 bits per heavy atom. The van der Waals surface area contributed by atoms with Crippen molar-refractivity contribution in [1.82, 2.24) is 20.4 Å². The van der Waals surface area contributed by atoms with E-state index in [1.807, 2.05) is 36.4 Å². The van der Waals surface area contributed by atoms with Crippen LogP contribution >= 0.6 is 0 Å². The monoisotopic (exact) mass is 291 g/mol. The predicted molar refractivity (Wildman–Crippen MR) is 85.7 cm³/mol. The van der Waals surface area contributed by atoms with E-state index in [9.17, 15) is 4.79 Å². The maximum atomic E-state index is 11.8. The Balaban J connectivity index is 1.84. The molecule has 0 bridgehead atoms. The number of hydrogen-bond acceptors (Lipinski definition) is 4. The van der Waals surface area contributed by atoms with Crippen LogP contribution in [0.2, 0.25) is 0 Å². The van der Waals surface area contributed by atoms with Gasteiger partial charge in [-0.3, -0.25) is 9.89 Å². The van der Waals surface area contributed by atoms with Crippen molar-refractivity contribution in [3.8, 4) is 0 Å². The smallest absolute Gasteiger partial charge is 0.272 e. The maximum Gasteiger partial charge on any atom is 0.272 e. The molecule has 108 valence electrons. The molecular weight excluding hydrogens is 278 g/mol. The lowest BCUT2D eigenvalue weighted by molar-refractivity contribution is 0.935. The largest absolute Gasteiger partial charge is 0.382 e. The second kappa shape index (κ2) is 4.70. The molecule has 0 atom stereocenters. The second-order valence-electron chi connectivity index (χ2n) is 5.21. The molecule has 4 aromatic rings. The van der Waals surface area contributed by atoms with Crippen molar-refractivity contribution in [1.29, 1.82) is 0 Å². The first-order valence-corrected chi connectivity index (χ1v) is 6.91. The Hall–Kier alpha value is -3.15. The van der Waals surface area contributed by atoms with Crippen LogP contribution in [0, 0.1) is 0 Å². The molecule has 0 aliphatic rings. The number of nitrogens with one attached hydrogen (secondary N) is 2. The number of nitrogens with zero attached hydrogens (tertiary/aromatic N) is 2. The second-order valence-corrected chi connectivity index (χ2v) is 5.21. The number of fused-ring (bicyclic) bond motifs is 2. The SMILES string of the molecule is Nc1n[nH]c2ccc(Cc3n[nH]c(=O)c4ccccc34)cc12. The molecular formula is C16H13N5O. The number of benzene rings is 2. The van der Waals surface area contributed by atoms with E-state index >= 15 is 0 Å². The summed E-state index contributed by atoms with van der Waals surface area (Å²) in [7, 11) is 0. The Morgan fingerprint density at radius 2 is 1.77 bits per heavy atom. The summed E-state index contributed by atoms with van der Waals surface area (Å²) in [5.41, 5.74) is 8.47. The van der Waals surface area contributed by atoms with Crippen molar-refractivity contribution in [3.63, 3.8) is 0 Å². The highest BCUT2D eigenvalue weighted by Gasteiger charge is 2.08. The van der Waals surface area contributed by atoms with Gasteiger partial charge >= 0.3 is 0 Å². The van der Waals surface area contributed by atoms with Gasteiger partial charge in [-0.25, -0.2) is 5.10 Å². The quantitative estimate of drug-likeness (QED) is 0.525. The van der Waals surface area contributed by atoms with Crippen molar-refractivity contribution < 1.29 is 0 Å². The normalized spacial score (nSPS) is 11.3.